The number of carboxylic acid groups (broad SMARTS) is 1. The third-order valence-corrected chi connectivity index (χ3v) is 4.21. The maximum absolute atomic E-state index is 12.1. The van der Waals surface area contributed by atoms with Crippen LogP contribution in [0.1, 0.15) is 30.6 Å². The van der Waals surface area contributed by atoms with E-state index < -0.39 is 12.0 Å². The number of carbonyl (C=O) groups excluding carboxylic acids is 1. The van der Waals surface area contributed by atoms with Crippen LogP contribution < -0.4 is 0 Å². The van der Waals surface area contributed by atoms with E-state index in [9.17, 15) is 9.59 Å². The minimum Gasteiger partial charge on any atom is -0.480 e. The molecular weight excluding hydrogens is 250 g/mol. The van der Waals surface area contributed by atoms with Gasteiger partial charge in [0.15, 0.2) is 0 Å². The van der Waals surface area contributed by atoms with Gasteiger partial charge in [0.2, 0.25) is 5.91 Å². The normalized spacial score (nSPS) is 19.8. The highest BCUT2D eigenvalue weighted by molar-refractivity contribution is 7.09. The Hall–Kier alpha value is -1.36. The lowest BCUT2D eigenvalue weighted by Crippen LogP contribution is -2.48. The number of likely N-dealkylation sites (tertiary alicyclic amines) is 1. The molecule has 1 aromatic rings. The summed E-state index contributed by atoms with van der Waals surface area (Å²) >= 11 is 1.63. The van der Waals surface area contributed by atoms with Gasteiger partial charge in [-0.1, -0.05) is 6.07 Å². The highest BCUT2D eigenvalue weighted by Crippen LogP contribution is 2.19. The minimum absolute atomic E-state index is 0.0319. The van der Waals surface area contributed by atoms with Gasteiger partial charge in [0.05, 0.1) is 0 Å². The number of aryl methyl sites for hydroxylation is 1. The number of nitrogens with zero attached hydrogens (tertiary/aromatic N) is 1. The van der Waals surface area contributed by atoms with Gasteiger partial charge in [0, 0.05) is 17.8 Å². The molecule has 0 spiro atoms. The molecule has 1 atom stereocenters. The summed E-state index contributed by atoms with van der Waals surface area (Å²) in [6, 6.07) is 3.35. The second-order valence-electron chi connectivity index (χ2n) is 4.52. The van der Waals surface area contributed by atoms with E-state index in [1.807, 2.05) is 17.5 Å². The van der Waals surface area contributed by atoms with E-state index >= 15 is 0 Å². The number of hydrogen-bond acceptors (Lipinski definition) is 3. The molecule has 0 saturated carbocycles. The summed E-state index contributed by atoms with van der Waals surface area (Å²) in [5, 5.41) is 11.1. The van der Waals surface area contributed by atoms with E-state index in [1.165, 1.54) is 4.88 Å². The fourth-order valence-electron chi connectivity index (χ4n) is 2.32. The molecule has 0 radical (unpaired) electrons. The molecule has 0 bridgehead atoms. The molecule has 2 rings (SSSR count). The smallest absolute Gasteiger partial charge is 0.326 e. The standard InChI is InChI=1S/C13H17NO3S/c15-12(7-6-10-4-3-9-18-10)14-8-2-1-5-11(14)13(16)17/h3-4,9,11H,1-2,5-8H2,(H,16,17)/t11-/m1/s1. The summed E-state index contributed by atoms with van der Waals surface area (Å²) in [5.74, 6) is -0.908. The number of hydrogen-bond donors (Lipinski definition) is 1. The van der Waals surface area contributed by atoms with Crippen LogP contribution in [0.2, 0.25) is 0 Å². The molecule has 1 amide bonds. The SMILES string of the molecule is O=C(O)[C@H]1CCCCN1C(=O)CCc1cccs1. The largest absolute Gasteiger partial charge is 0.480 e. The van der Waals surface area contributed by atoms with E-state index in [4.69, 9.17) is 5.11 Å². The zero-order valence-electron chi connectivity index (χ0n) is 10.2. The van der Waals surface area contributed by atoms with Gasteiger partial charge in [0.1, 0.15) is 6.04 Å². The van der Waals surface area contributed by atoms with Gasteiger partial charge in [-0.15, -0.1) is 11.3 Å². The van der Waals surface area contributed by atoms with Gasteiger partial charge in [-0.2, -0.15) is 0 Å². The van der Waals surface area contributed by atoms with Crippen molar-refractivity contribution in [2.75, 3.05) is 6.54 Å². The quantitative estimate of drug-likeness (QED) is 0.909. The second-order valence-corrected chi connectivity index (χ2v) is 5.55. The molecule has 18 heavy (non-hydrogen) atoms. The van der Waals surface area contributed by atoms with Gasteiger partial charge in [-0.05, 0) is 37.1 Å². The Labute approximate surface area is 110 Å². The van der Waals surface area contributed by atoms with Crippen LogP contribution in [-0.4, -0.2) is 34.5 Å². The van der Waals surface area contributed by atoms with Crippen LogP contribution >= 0.6 is 11.3 Å². The van der Waals surface area contributed by atoms with Gasteiger partial charge >= 0.3 is 5.97 Å². The molecule has 0 aliphatic carbocycles. The fraction of sp³-hybridized carbons (Fsp3) is 0.538. The zero-order chi connectivity index (χ0) is 13.0. The number of amides is 1. The summed E-state index contributed by atoms with van der Waals surface area (Å²) < 4.78 is 0. The van der Waals surface area contributed by atoms with Crippen molar-refractivity contribution in [1.82, 2.24) is 4.90 Å². The highest BCUT2D eigenvalue weighted by Gasteiger charge is 2.31. The monoisotopic (exact) mass is 267 g/mol. The summed E-state index contributed by atoms with van der Waals surface area (Å²) in [5.41, 5.74) is 0. The van der Waals surface area contributed by atoms with Gasteiger partial charge in [0.25, 0.3) is 0 Å². The summed E-state index contributed by atoms with van der Waals surface area (Å²) in [6.45, 7) is 0.584. The highest BCUT2D eigenvalue weighted by atomic mass is 32.1. The molecule has 1 aromatic heterocycles. The summed E-state index contributed by atoms with van der Waals surface area (Å²) in [4.78, 5) is 25.9. The third-order valence-electron chi connectivity index (χ3n) is 3.27. The number of piperidine rings is 1. The molecule has 98 valence electrons. The molecule has 4 nitrogen and oxygen atoms in total. The van der Waals surface area contributed by atoms with Crippen molar-refractivity contribution >= 4 is 23.2 Å². The van der Waals surface area contributed by atoms with Crippen molar-refractivity contribution in [2.45, 2.75) is 38.1 Å². The number of thiophene rings is 1. The molecule has 1 aliphatic heterocycles. The van der Waals surface area contributed by atoms with Crippen LogP contribution in [0.15, 0.2) is 17.5 Å². The molecule has 0 aromatic carbocycles. The molecule has 1 fully saturated rings. The molecule has 1 N–H and O–H groups in total. The average molecular weight is 267 g/mol. The lowest BCUT2D eigenvalue weighted by atomic mass is 10.0. The molecule has 5 heteroatoms. The topological polar surface area (TPSA) is 57.6 Å². The fourth-order valence-corrected chi connectivity index (χ4v) is 3.02. The van der Waals surface area contributed by atoms with Crippen LogP contribution in [-0.2, 0) is 16.0 Å². The van der Waals surface area contributed by atoms with Crippen molar-refractivity contribution in [3.63, 3.8) is 0 Å². The lowest BCUT2D eigenvalue weighted by Gasteiger charge is -2.33. The van der Waals surface area contributed by atoms with Crippen molar-refractivity contribution in [2.24, 2.45) is 0 Å². The van der Waals surface area contributed by atoms with Crippen LogP contribution in [0.25, 0.3) is 0 Å². The van der Waals surface area contributed by atoms with Crippen molar-refractivity contribution in [3.05, 3.63) is 22.4 Å². The number of rotatable bonds is 4. The van der Waals surface area contributed by atoms with Gasteiger partial charge in [-0.3, -0.25) is 4.79 Å². The Balaban J connectivity index is 1.92. The van der Waals surface area contributed by atoms with E-state index in [2.05, 4.69) is 0 Å². The molecule has 2 heterocycles. The van der Waals surface area contributed by atoms with Crippen LogP contribution in [0.4, 0.5) is 0 Å². The first-order chi connectivity index (χ1) is 8.68. The predicted molar refractivity (Wildman–Crippen MR) is 69.6 cm³/mol. The summed E-state index contributed by atoms with van der Waals surface area (Å²) in [6.07, 6.45) is 3.50. The van der Waals surface area contributed by atoms with E-state index in [0.717, 1.165) is 12.8 Å². The van der Waals surface area contributed by atoms with Crippen LogP contribution in [0, 0.1) is 0 Å². The third kappa shape index (κ3) is 3.10. The van der Waals surface area contributed by atoms with E-state index in [-0.39, 0.29) is 5.91 Å². The van der Waals surface area contributed by atoms with E-state index in [0.29, 0.717) is 25.8 Å². The number of carboxylic acids is 1. The first-order valence-corrected chi connectivity index (χ1v) is 7.11. The predicted octanol–water partition coefficient (Wildman–Crippen LogP) is 2.15. The Morgan fingerprint density at radius 1 is 1.44 bits per heavy atom. The molecule has 1 aliphatic rings. The van der Waals surface area contributed by atoms with Crippen LogP contribution in [0.5, 0.6) is 0 Å². The lowest BCUT2D eigenvalue weighted by molar-refractivity contribution is -0.152. The maximum atomic E-state index is 12.1. The maximum Gasteiger partial charge on any atom is 0.326 e. The summed E-state index contributed by atoms with van der Waals surface area (Å²) in [7, 11) is 0. The van der Waals surface area contributed by atoms with Crippen molar-refractivity contribution < 1.29 is 14.7 Å². The average Bonchev–Trinajstić information content (AvgIpc) is 2.89. The molecule has 0 unspecified atom stereocenters. The molecule has 1 saturated heterocycles. The van der Waals surface area contributed by atoms with Crippen molar-refractivity contribution in [1.29, 1.82) is 0 Å². The minimum atomic E-state index is -0.876. The number of carbonyl (C=O) groups is 2. The van der Waals surface area contributed by atoms with Gasteiger partial charge in [-0.25, -0.2) is 4.79 Å². The Morgan fingerprint density at radius 2 is 2.28 bits per heavy atom. The van der Waals surface area contributed by atoms with Crippen LogP contribution in [0.3, 0.4) is 0 Å². The van der Waals surface area contributed by atoms with E-state index in [1.54, 1.807) is 16.2 Å². The number of aliphatic carboxylic acids is 1. The first-order valence-electron chi connectivity index (χ1n) is 6.23. The zero-order valence-corrected chi connectivity index (χ0v) is 11.0. The molecular formula is C13H17NO3S. The second kappa shape index (κ2) is 6.00. The Bertz CT molecular complexity index is 416. The van der Waals surface area contributed by atoms with Crippen molar-refractivity contribution in [3.8, 4) is 0 Å². The first kappa shape index (κ1) is 13.1. The Kier molecular flexibility index (Phi) is 4.36. The Morgan fingerprint density at radius 3 is 2.94 bits per heavy atom. The van der Waals surface area contributed by atoms with Gasteiger partial charge < -0.3 is 10.0 Å².